The molecule has 1 heterocycles. The van der Waals surface area contributed by atoms with Crippen LogP contribution in [-0.4, -0.2) is 31.5 Å². The van der Waals surface area contributed by atoms with E-state index in [0.717, 1.165) is 0 Å². The van der Waals surface area contributed by atoms with Crippen molar-refractivity contribution in [3.05, 3.63) is 50.6 Å². The van der Waals surface area contributed by atoms with Gasteiger partial charge in [-0.05, 0) is 36.1 Å². The van der Waals surface area contributed by atoms with E-state index in [0.29, 0.717) is 40.2 Å². The van der Waals surface area contributed by atoms with Gasteiger partial charge in [0.15, 0.2) is 6.61 Å². The molecule has 5 nitrogen and oxygen atoms in total. The third kappa shape index (κ3) is 6.03. The number of ether oxygens (including phenoxy) is 1. The highest BCUT2D eigenvalue weighted by Gasteiger charge is 2.07. The van der Waals surface area contributed by atoms with Crippen molar-refractivity contribution in [3.63, 3.8) is 0 Å². The predicted molar refractivity (Wildman–Crippen MR) is 96.2 cm³/mol. The van der Waals surface area contributed by atoms with Crippen molar-refractivity contribution in [2.45, 2.75) is 6.42 Å². The smallest absolute Gasteiger partial charge is 0.261 e. The van der Waals surface area contributed by atoms with Crippen LogP contribution in [0.15, 0.2) is 35.7 Å². The van der Waals surface area contributed by atoms with Crippen molar-refractivity contribution < 1.29 is 14.3 Å². The van der Waals surface area contributed by atoms with E-state index in [1.54, 1.807) is 24.3 Å². The number of carbonyl (C=O) groups is 2. The second-order valence-electron chi connectivity index (χ2n) is 4.80. The molecule has 2 N–H and O–H groups in total. The van der Waals surface area contributed by atoms with E-state index >= 15 is 0 Å². The lowest BCUT2D eigenvalue weighted by molar-refractivity contribution is -0.123. The Bertz CT molecular complexity index is 693. The number of nitrogens with one attached hydrogen (secondary N) is 2. The number of amides is 2. The Hall–Kier alpha value is -1.76. The zero-order chi connectivity index (χ0) is 17.4. The standard InChI is InChI=1S/C16H16Cl2N2O3S/c17-11-4-5-13(12(18)9-11)23-10-15(21)19-6-2-7-20-16(22)14-3-1-8-24-14/h1,3-5,8-9H,2,6-7,10H2,(H,19,21)(H,20,22). The van der Waals surface area contributed by atoms with Crippen LogP contribution in [0.3, 0.4) is 0 Å². The van der Waals surface area contributed by atoms with Gasteiger partial charge in [0, 0.05) is 18.1 Å². The van der Waals surface area contributed by atoms with Crippen molar-refractivity contribution >= 4 is 46.4 Å². The second-order valence-corrected chi connectivity index (χ2v) is 6.59. The van der Waals surface area contributed by atoms with Gasteiger partial charge in [0.05, 0.1) is 9.90 Å². The summed E-state index contributed by atoms with van der Waals surface area (Å²) in [4.78, 5) is 24.0. The largest absolute Gasteiger partial charge is 0.482 e. The maximum atomic E-state index is 11.7. The predicted octanol–water partition coefficient (Wildman–Crippen LogP) is 3.37. The highest BCUT2D eigenvalue weighted by Crippen LogP contribution is 2.27. The quantitative estimate of drug-likeness (QED) is 0.683. The summed E-state index contributed by atoms with van der Waals surface area (Å²) in [5, 5.41) is 8.20. The van der Waals surface area contributed by atoms with Crippen molar-refractivity contribution in [3.8, 4) is 5.75 Å². The molecule has 8 heteroatoms. The van der Waals surface area contributed by atoms with Crippen LogP contribution < -0.4 is 15.4 Å². The molecule has 0 bridgehead atoms. The Morgan fingerprint density at radius 1 is 1.12 bits per heavy atom. The van der Waals surface area contributed by atoms with Crippen molar-refractivity contribution in [1.82, 2.24) is 10.6 Å². The summed E-state index contributed by atoms with van der Waals surface area (Å²) in [7, 11) is 0. The van der Waals surface area contributed by atoms with Crippen molar-refractivity contribution in [1.29, 1.82) is 0 Å². The zero-order valence-corrected chi connectivity index (χ0v) is 15.0. The molecule has 1 aromatic heterocycles. The number of benzene rings is 1. The van der Waals surface area contributed by atoms with Gasteiger partial charge in [0.2, 0.25) is 0 Å². The molecule has 0 aliphatic carbocycles. The first-order valence-electron chi connectivity index (χ1n) is 7.22. The molecule has 0 atom stereocenters. The van der Waals surface area contributed by atoms with E-state index in [1.807, 2.05) is 11.4 Å². The minimum atomic E-state index is -0.259. The first-order valence-corrected chi connectivity index (χ1v) is 8.86. The summed E-state index contributed by atoms with van der Waals surface area (Å²) in [6.45, 7) is 0.797. The second kappa shape index (κ2) is 9.52. The average molecular weight is 387 g/mol. The maximum Gasteiger partial charge on any atom is 0.261 e. The molecule has 0 saturated carbocycles. The lowest BCUT2D eigenvalue weighted by Gasteiger charge is -2.09. The van der Waals surface area contributed by atoms with Gasteiger partial charge >= 0.3 is 0 Å². The average Bonchev–Trinajstić information content (AvgIpc) is 3.08. The fourth-order valence-electron chi connectivity index (χ4n) is 1.80. The molecule has 0 spiro atoms. The minimum absolute atomic E-state index is 0.1000. The summed E-state index contributed by atoms with van der Waals surface area (Å²) in [5.74, 6) is 0.0436. The fraction of sp³-hybridized carbons (Fsp3) is 0.250. The van der Waals surface area contributed by atoms with E-state index < -0.39 is 0 Å². The lowest BCUT2D eigenvalue weighted by Crippen LogP contribution is -2.32. The number of halogens is 2. The van der Waals surface area contributed by atoms with Crippen LogP contribution >= 0.6 is 34.5 Å². The van der Waals surface area contributed by atoms with Crippen LogP contribution in [0, 0.1) is 0 Å². The first kappa shape index (κ1) is 18.6. The molecule has 0 saturated heterocycles. The van der Waals surface area contributed by atoms with Gasteiger partial charge in [0.1, 0.15) is 5.75 Å². The molecular formula is C16H16Cl2N2O3S. The topological polar surface area (TPSA) is 67.4 Å². The van der Waals surface area contributed by atoms with Crippen LogP contribution in [0.4, 0.5) is 0 Å². The molecule has 0 fully saturated rings. The summed E-state index contributed by atoms with van der Waals surface area (Å²) < 4.78 is 5.33. The molecule has 0 aliphatic rings. The Balaban J connectivity index is 1.59. The third-order valence-corrected chi connectivity index (χ3v) is 4.36. The van der Waals surface area contributed by atoms with Gasteiger partial charge in [-0.1, -0.05) is 29.3 Å². The molecule has 24 heavy (non-hydrogen) atoms. The summed E-state index contributed by atoms with van der Waals surface area (Å²) in [6.07, 6.45) is 0.630. The van der Waals surface area contributed by atoms with Crippen LogP contribution in [0.25, 0.3) is 0 Å². The minimum Gasteiger partial charge on any atom is -0.482 e. The Morgan fingerprint density at radius 3 is 2.62 bits per heavy atom. The molecule has 0 radical (unpaired) electrons. The number of thiophene rings is 1. The molecule has 2 aromatic rings. The van der Waals surface area contributed by atoms with Crippen molar-refractivity contribution in [2.75, 3.05) is 19.7 Å². The number of hydrogen-bond acceptors (Lipinski definition) is 4. The summed E-state index contributed by atoms with van der Waals surface area (Å²) >= 11 is 13.1. The van der Waals surface area contributed by atoms with Crippen LogP contribution in [0.1, 0.15) is 16.1 Å². The normalized spacial score (nSPS) is 10.2. The molecule has 0 unspecified atom stereocenters. The maximum absolute atomic E-state index is 11.7. The molecular weight excluding hydrogens is 371 g/mol. The Labute approximate surface area is 153 Å². The molecule has 2 rings (SSSR count). The van der Waals surface area contributed by atoms with E-state index in [-0.39, 0.29) is 18.4 Å². The fourth-order valence-corrected chi connectivity index (χ4v) is 2.90. The summed E-state index contributed by atoms with van der Waals surface area (Å²) in [5.41, 5.74) is 0. The monoisotopic (exact) mass is 386 g/mol. The summed E-state index contributed by atoms with van der Waals surface area (Å²) in [6, 6.07) is 8.38. The van der Waals surface area contributed by atoms with Gasteiger partial charge in [-0.15, -0.1) is 11.3 Å². The van der Waals surface area contributed by atoms with Gasteiger partial charge < -0.3 is 15.4 Å². The first-order chi connectivity index (χ1) is 11.6. The molecule has 1 aromatic carbocycles. The highest BCUT2D eigenvalue weighted by atomic mass is 35.5. The molecule has 2 amide bonds. The van der Waals surface area contributed by atoms with Crippen molar-refractivity contribution in [2.24, 2.45) is 0 Å². The number of carbonyl (C=O) groups excluding carboxylic acids is 2. The van der Waals surface area contributed by atoms with Crippen LogP contribution in [0.5, 0.6) is 5.75 Å². The Kier molecular flexibility index (Phi) is 7.36. The third-order valence-electron chi connectivity index (χ3n) is 2.96. The zero-order valence-electron chi connectivity index (χ0n) is 12.7. The molecule has 0 aliphatic heterocycles. The number of hydrogen-bond donors (Lipinski definition) is 2. The molecule has 128 valence electrons. The van der Waals surface area contributed by atoms with Gasteiger partial charge in [-0.25, -0.2) is 0 Å². The van der Waals surface area contributed by atoms with Crippen LogP contribution in [-0.2, 0) is 4.79 Å². The van der Waals surface area contributed by atoms with E-state index in [2.05, 4.69) is 10.6 Å². The Morgan fingerprint density at radius 2 is 1.92 bits per heavy atom. The van der Waals surface area contributed by atoms with E-state index in [4.69, 9.17) is 27.9 Å². The van der Waals surface area contributed by atoms with E-state index in [1.165, 1.54) is 11.3 Å². The SMILES string of the molecule is O=C(COc1ccc(Cl)cc1Cl)NCCCNC(=O)c1cccs1. The van der Waals surface area contributed by atoms with Gasteiger partial charge in [0.25, 0.3) is 11.8 Å². The van der Waals surface area contributed by atoms with Gasteiger partial charge in [-0.2, -0.15) is 0 Å². The lowest BCUT2D eigenvalue weighted by atomic mass is 10.3. The highest BCUT2D eigenvalue weighted by molar-refractivity contribution is 7.12. The van der Waals surface area contributed by atoms with Crippen LogP contribution in [0.2, 0.25) is 10.0 Å². The van der Waals surface area contributed by atoms with E-state index in [9.17, 15) is 9.59 Å². The number of rotatable bonds is 8. The van der Waals surface area contributed by atoms with Gasteiger partial charge in [-0.3, -0.25) is 9.59 Å².